The van der Waals surface area contributed by atoms with E-state index in [1.54, 1.807) is 6.07 Å². The zero-order valence-corrected chi connectivity index (χ0v) is 7.57. The SMILES string of the molecule is Cn1c(C#N)nc(Br)c1[N+](=O)[O-]. The maximum absolute atomic E-state index is 10.4. The molecule has 62 valence electrons. The van der Waals surface area contributed by atoms with E-state index in [1.807, 2.05) is 0 Å². The van der Waals surface area contributed by atoms with E-state index in [0.29, 0.717) is 0 Å². The van der Waals surface area contributed by atoms with Crippen molar-refractivity contribution in [3.8, 4) is 6.07 Å². The summed E-state index contributed by atoms with van der Waals surface area (Å²) in [7, 11) is 1.41. The molecule has 0 aromatic carbocycles. The second kappa shape index (κ2) is 2.91. The monoisotopic (exact) mass is 230 g/mol. The van der Waals surface area contributed by atoms with Crippen molar-refractivity contribution >= 4 is 21.7 Å². The lowest BCUT2D eigenvalue weighted by Crippen LogP contribution is -1.99. The summed E-state index contributed by atoms with van der Waals surface area (Å²) in [6.07, 6.45) is 0. The number of nitriles is 1. The van der Waals surface area contributed by atoms with Gasteiger partial charge < -0.3 is 10.1 Å². The minimum absolute atomic E-state index is 0.00794. The molecule has 0 fully saturated rings. The predicted molar refractivity (Wildman–Crippen MR) is 42.3 cm³/mol. The van der Waals surface area contributed by atoms with E-state index in [2.05, 4.69) is 20.9 Å². The Balaban J connectivity index is 3.40. The van der Waals surface area contributed by atoms with E-state index in [9.17, 15) is 10.1 Å². The number of hydrogen-bond acceptors (Lipinski definition) is 4. The van der Waals surface area contributed by atoms with Crippen molar-refractivity contribution in [3.63, 3.8) is 0 Å². The molecular formula is C5H3BrN4O2. The van der Waals surface area contributed by atoms with E-state index in [4.69, 9.17) is 5.26 Å². The first-order valence-corrected chi connectivity index (χ1v) is 3.64. The number of nitrogens with zero attached hydrogens (tertiary/aromatic N) is 4. The highest BCUT2D eigenvalue weighted by Gasteiger charge is 2.22. The molecule has 0 atom stereocenters. The van der Waals surface area contributed by atoms with Crippen LogP contribution in [0.4, 0.5) is 5.82 Å². The number of rotatable bonds is 1. The van der Waals surface area contributed by atoms with Gasteiger partial charge in [0.2, 0.25) is 4.60 Å². The third-order valence-electron chi connectivity index (χ3n) is 1.30. The van der Waals surface area contributed by atoms with Gasteiger partial charge >= 0.3 is 11.6 Å². The minimum atomic E-state index is -0.599. The number of aromatic nitrogens is 2. The first kappa shape index (κ1) is 8.67. The molecule has 0 spiro atoms. The van der Waals surface area contributed by atoms with Gasteiger partial charge in [0.05, 0.1) is 7.05 Å². The lowest BCUT2D eigenvalue weighted by atomic mass is 10.7. The van der Waals surface area contributed by atoms with Gasteiger partial charge in [0.1, 0.15) is 0 Å². The van der Waals surface area contributed by atoms with Crippen LogP contribution >= 0.6 is 15.9 Å². The summed E-state index contributed by atoms with van der Waals surface area (Å²) in [4.78, 5) is 13.4. The maximum Gasteiger partial charge on any atom is 0.358 e. The van der Waals surface area contributed by atoms with E-state index >= 15 is 0 Å². The van der Waals surface area contributed by atoms with Crippen LogP contribution in [0.2, 0.25) is 0 Å². The predicted octanol–water partition coefficient (Wildman–Crippen LogP) is 0.962. The molecule has 0 aliphatic heterocycles. The van der Waals surface area contributed by atoms with Gasteiger partial charge in [-0.25, -0.2) is 0 Å². The molecule has 1 rings (SSSR count). The summed E-state index contributed by atoms with van der Waals surface area (Å²) in [5, 5.41) is 18.8. The highest BCUT2D eigenvalue weighted by molar-refractivity contribution is 9.10. The third-order valence-corrected chi connectivity index (χ3v) is 1.83. The Labute approximate surface area is 75.7 Å². The van der Waals surface area contributed by atoms with Gasteiger partial charge in [-0.2, -0.15) is 14.8 Å². The molecule has 12 heavy (non-hydrogen) atoms. The molecule has 0 N–H and O–H groups in total. The fraction of sp³-hybridized carbons (Fsp3) is 0.200. The Hall–Kier alpha value is -1.42. The fourth-order valence-electron chi connectivity index (χ4n) is 0.754. The minimum Gasteiger partial charge on any atom is -0.358 e. The number of halogens is 1. The molecule has 7 heteroatoms. The normalized spacial score (nSPS) is 9.42. The lowest BCUT2D eigenvalue weighted by molar-refractivity contribution is -0.392. The average Bonchev–Trinajstić information content (AvgIpc) is 2.25. The quantitative estimate of drug-likeness (QED) is 0.532. The topological polar surface area (TPSA) is 84.8 Å². The molecule has 0 saturated carbocycles. The van der Waals surface area contributed by atoms with Crippen LogP contribution in [0.5, 0.6) is 0 Å². The van der Waals surface area contributed by atoms with Gasteiger partial charge in [-0.1, -0.05) is 0 Å². The van der Waals surface area contributed by atoms with Crippen LogP contribution in [0.25, 0.3) is 0 Å². The first-order valence-electron chi connectivity index (χ1n) is 2.84. The van der Waals surface area contributed by atoms with Crippen molar-refractivity contribution in [2.45, 2.75) is 0 Å². The van der Waals surface area contributed by atoms with E-state index in [-0.39, 0.29) is 16.2 Å². The van der Waals surface area contributed by atoms with E-state index in [0.717, 1.165) is 4.57 Å². The van der Waals surface area contributed by atoms with Crippen LogP contribution in [-0.4, -0.2) is 14.5 Å². The molecule has 0 aliphatic rings. The van der Waals surface area contributed by atoms with Crippen molar-refractivity contribution in [3.05, 3.63) is 20.5 Å². The van der Waals surface area contributed by atoms with Crippen LogP contribution in [0.15, 0.2) is 4.60 Å². The van der Waals surface area contributed by atoms with Crippen LogP contribution < -0.4 is 0 Å². The summed E-state index contributed by atoms with van der Waals surface area (Å²) < 4.78 is 1.19. The molecular weight excluding hydrogens is 228 g/mol. The Morgan fingerprint density at radius 2 is 2.42 bits per heavy atom. The number of hydrogen-bond donors (Lipinski definition) is 0. The Kier molecular flexibility index (Phi) is 2.10. The van der Waals surface area contributed by atoms with Gasteiger partial charge in [0.15, 0.2) is 6.07 Å². The molecule has 0 radical (unpaired) electrons. The van der Waals surface area contributed by atoms with Crippen LogP contribution in [0.3, 0.4) is 0 Å². The summed E-state index contributed by atoms with van der Waals surface area (Å²) in [5.41, 5.74) is 0. The molecule has 1 aromatic heterocycles. The van der Waals surface area contributed by atoms with Gasteiger partial charge in [-0.05, 0) is 20.9 Å². The molecule has 6 nitrogen and oxygen atoms in total. The maximum atomic E-state index is 10.4. The highest BCUT2D eigenvalue weighted by Crippen LogP contribution is 2.23. The van der Waals surface area contributed by atoms with Crippen molar-refractivity contribution < 1.29 is 4.92 Å². The summed E-state index contributed by atoms with van der Waals surface area (Å²) in [6, 6.07) is 1.73. The van der Waals surface area contributed by atoms with Crippen molar-refractivity contribution in [1.82, 2.24) is 9.55 Å². The lowest BCUT2D eigenvalue weighted by Gasteiger charge is -1.92. The van der Waals surface area contributed by atoms with E-state index in [1.165, 1.54) is 7.05 Å². The summed E-state index contributed by atoms with van der Waals surface area (Å²) in [5.74, 6) is -0.208. The Bertz CT molecular complexity index is 378. The molecule has 0 aliphatic carbocycles. The largest absolute Gasteiger partial charge is 0.358 e. The van der Waals surface area contributed by atoms with Crippen LogP contribution in [-0.2, 0) is 7.05 Å². The zero-order chi connectivity index (χ0) is 9.30. The molecule has 0 saturated heterocycles. The highest BCUT2D eigenvalue weighted by atomic mass is 79.9. The van der Waals surface area contributed by atoms with Crippen LogP contribution in [0, 0.1) is 21.4 Å². The summed E-state index contributed by atoms with van der Waals surface area (Å²) >= 11 is 2.88. The Morgan fingerprint density at radius 1 is 1.83 bits per heavy atom. The zero-order valence-electron chi connectivity index (χ0n) is 5.98. The second-order valence-corrected chi connectivity index (χ2v) is 2.73. The van der Waals surface area contributed by atoms with Crippen LogP contribution in [0.1, 0.15) is 5.82 Å². The summed E-state index contributed by atoms with van der Waals surface area (Å²) in [6.45, 7) is 0. The van der Waals surface area contributed by atoms with Gasteiger partial charge in [0.25, 0.3) is 0 Å². The molecule has 1 heterocycles. The number of nitro groups is 1. The fourth-order valence-corrected chi connectivity index (χ4v) is 1.33. The van der Waals surface area contributed by atoms with Gasteiger partial charge in [-0.3, -0.25) is 0 Å². The standard InChI is InChI=1S/C5H3BrN4O2/c1-9-3(2-7)8-4(6)5(9)10(11)12/h1H3. The van der Waals surface area contributed by atoms with Gasteiger partial charge in [-0.15, -0.1) is 0 Å². The third kappa shape index (κ3) is 1.16. The smallest absolute Gasteiger partial charge is 0.358 e. The van der Waals surface area contributed by atoms with Crippen molar-refractivity contribution in [2.24, 2.45) is 7.05 Å². The molecule has 0 unspecified atom stereocenters. The number of imidazole rings is 1. The van der Waals surface area contributed by atoms with Crippen molar-refractivity contribution in [2.75, 3.05) is 0 Å². The molecule has 0 bridgehead atoms. The molecule has 1 aromatic rings. The first-order chi connectivity index (χ1) is 5.57. The Morgan fingerprint density at radius 3 is 2.67 bits per heavy atom. The second-order valence-electron chi connectivity index (χ2n) is 1.98. The average molecular weight is 231 g/mol. The van der Waals surface area contributed by atoms with Crippen molar-refractivity contribution in [1.29, 1.82) is 5.26 Å². The van der Waals surface area contributed by atoms with E-state index < -0.39 is 4.92 Å². The van der Waals surface area contributed by atoms with Gasteiger partial charge in [0, 0.05) is 0 Å². The molecule has 0 amide bonds.